The predicted molar refractivity (Wildman–Crippen MR) is 126 cm³/mol. The Hall–Kier alpha value is -3.39. The number of hydrogen-bond acceptors (Lipinski definition) is 5. The summed E-state index contributed by atoms with van der Waals surface area (Å²) in [7, 11) is 0. The first-order chi connectivity index (χ1) is 17.0. The average Bonchev–Trinajstić information content (AvgIpc) is 3.64. The largest absolute Gasteiger partial charge is 0.481 e. The van der Waals surface area contributed by atoms with Gasteiger partial charge in [0.05, 0.1) is 12.0 Å². The fourth-order valence-corrected chi connectivity index (χ4v) is 6.52. The Kier molecular flexibility index (Phi) is 5.48. The number of alkyl carbamates (subject to hydrolysis) is 1. The zero-order valence-electron chi connectivity index (χ0n) is 19.3. The third kappa shape index (κ3) is 3.67. The molecule has 8 heteroatoms. The molecular weight excluding hydrogens is 448 g/mol. The molecule has 0 spiro atoms. The van der Waals surface area contributed by atoms with Gasteiger partial charge in [-0.3, -0.25) is 9.59 Å². The molecule has 3 saturated heterocycles. The van der Waals surface area contributed by atoms with Crippen molar-refractivity contribution in [1.82, 2.24) is 10.2 Å². The monoisotopic (exact) mass is 476 g/mol. The third-order valence-electron chi connectivity index (χ3n) is 8.09. The second-order valence-corrected chi connectivity index (χ2v) is 9.88. The van der Waals surface area contributed by atoms with Crippen molar-refractivity contribution in [3.8, 4) is 11.1 Å². The molecule has 182 valence electrons. The molecule has 2 aromatic rings. The Morgan fingerprint density at radius 3 is 2.34 bits per heavy atom. The Labute approximate surface area is 203 Å². The van der Waals surface area contributed by atoms with Gasteiger partial charge in [0.1, 0.15) is 6.61 Å². The first-order valence-corrected chi connectivity index (χ1v) is 12.3. The Morgan fingerprint density at radius 2 is 1.69 bits per heavy atom. The highest BCUT2D eigenvalue weighted by Gasteiger charge is 2.54. The minimum atomic E-state index is -0.851. The number of carboxylic acid groups (broad SMARTS) is 1. The molecule has 3 fully saturated rings. The molecule has 2 amide bonds. The van der Waals surface area contributed by atoms with Gasteiger partial charge in [0.15, 0.2) is 6.10 Å². The fourth-order valence-electron chi connectivity index (χ4n) is 6.52. The Balaban J connectivity index is 1.10. The topological polar surface area (TPSA) is 105 Å². The molecule has 8 nitrogen and oxygen atoms in total. The SMILES string of the molecule is O=C(N[C@H]1CCO[C@H]1C(=O)N1C2CCC1C(C(=O)O)C2)OCC1c2ccccc2-c2ccccc21. The number of carbonyl (C=O) groups excluding carboxylic acids is 2. The average molecular weight is 477 g/mol. The highest BCUT2D eigenvalue weighted by atomic mass is 16.6. The number of ether oxygens (including phenoxy) is 2. The maximum absolute atomic E-state index is 13.3. The summed E-state index contributed by atoms with van der Waals surface area (Å²) >= 11 is 0. The summed E-state index contributed by atoms with van der Waals surface area (Å²) in [5.74, 6) is -1.63. The lowest BCUT2D eigenvalue weighted by molar-refractivity contribution is -0.145. The number of aliphatic carboxylic acids is 1. The van der Waals surface area contributed by atoms with E-state index in [1.807, 2.05) is 24.3 Å². The quantitative estimate of drug-likeness (QED) is 0.687. The lowest BCUT2D eigenvalue weighted by atomic mass is 9.89. The number of rotatable bonds is 5. The van der Waals surface area contributed by atoms with E-state index in [9.17, 15) is 19.5 Å². The number of carbonyl (C=O) groups is 3. The molecule has 5 atom stereocenters. The summed E-state index contributed by atoms with van der Waals surface area (Å²) in [6.07, 6.45) is 1.12. The maximum Gasteiger partial charge on any atom is 0.407 e. The molecule has 0 aromatic heterocycles. The standard InChI is InChI=1S/C27H28N2O6/c30-25(29-15-9-10-23(29)20(13-15)26(31)32)24-22(11-12-34-24)28-27(33)35-14-21-18-7-3-1-5-16(18)17-6-2-4-8-19(17)21/h1-8,15,20-24H,9-14H2,(H,28,33)(H,31,32)/t15?,20?,22-,23?,24+/m0/s1. The van der Waals surface area contributed by atoms with E-state index >= 15 is 0 Å². The zero-order valence-corrected chi connectivity index (χ0v) is 19.3. The minimum Gasteiger partial charge on any atom is -0.481 e. The number of hydrogen-bond donors (Lipinski definition) is 2. The van der Waals surface area contributed by atoms with E-state index < -0.39 is 30.1 Å². The molecule has 3 aliphatic heterocycles. The summed E-state index contributed by atoms with van der Waals surface area (Å²) in [5.41, 5.74) is 4.59. The molecule has 6 rings (SSSR count). The van der Waals surface area contributed by atoms with Crippen molar-refractivity contribution in [2.75, 3.05) is 13.2 Å². The van der Waals surface area contributed by atoms with Crippen LogP contribution in [0, 0.1) is 5.92 Å². The van der Waals surface area contributed by atoms with E-state index in [1.165, 1.54) is 0 Å². The normalized spacial score (nSPS) is 28.6. The molecule has 1 aliphatic carbocycles. The van der Waals surface area contributed by atoms with Crippen LogP contribution in [0.2, 0.25) is 0 Å². The van der Waals surface area contributed by atoms with Crippen molar-refractivity contribution in [3.05, 3.63) is 59.7 Å². The molecule has 0 saturated carbocycles. The van der Waals surface area contributed by atoms with E-state index in [-0.39, 0.29) is 30.5 Å². The van der Waals surface area contributed by atoms with Gasteiger partial charge in [-0.1, -0.05) is 48.5 Å². The molecule has 35 heavy (non-hydrogen) atoms. The predicted octanol–water partition coefficient (Wildman–Crippen LogP) is 3.15. The second-order valence-electron chi connectivity index (χ2n) is 9.88. The van der Waals surface area contributed by atoms with Crippen LogP contribution in [0.5, 0.6) is 0 Å². The summed E-state index contributed by atoms with van der Waals surface area (Å²) in [4.78, 5) is 39.4. The van der Waals surface area contributed by atoms with Crippen LogP contribution in [0.25, 0.3) is 11.1 Å². The van der Waals surface area contributed by atoms with Gasteiger partial charge in [-0.25, -0.2) is 4.79 Å². The summed E-state index contributed by atoms with van der Waals surface area (Å²) in [5, 5.41) is 12.3. The van der Waals surface area contributed by atoms with Crippen LogP contribution in [-0.4, -0.2) is 65.4 Å². The van der Waals surface area contributed by atoms with Crippen molar-refractivity contribution in [3.63, 3.8) is 0 Å². The van der Waals surface area contributed by atoms with Crippen LogP contribution in [0.4, 0.5) is 4.79 Å². The summed E-state index contributed by atoms with van der Waals surface area (Å²) < 4.78 is 11.4. The molecule has 4 aliphatic rings. The smallest absolute Gasteiger partial charge is 0.407 e. The number of nitrogens with one attached hydrogen (secondary N) is 1. The molecule has 2 bridgehead atoms. The van der Waals surface area contributed by atoms with Gasteiger partial charge in [-0.2, -0.15) is 0 Å². The van der Waals surface area contributed by atoms with Crippen LogP contribution in [0.1, 0.15) is 42.7 Å². The number of carboxylic acids is 1. The van der Waals surface area contributed by atoms with Gasteiger partial charge in [0.25, 0.3) is 5.91 Å². The van der Waals surface area contributed by atoms with Crippen molar-refractivity contribution < 1.29 is 29.0 Å². The molecule has 0 radical (unpaired) electrons. The van der Waals surface area contributed by atoms with Gasteiger partial charge in [0.2, 0.25) is 0 Å². The van der Waals surface area contributed by atoms with Gasteiger partial charge < -0.3 is 24.8 Å². The van der Waals surface area contributed by atoms with Crippen molar-refractivity contribution in [2.24, 2.45) is 5.92 Å². The van der Waals surface area contributed by atoms with Gasteiger partial charge in [0, 0.05) is 24.6 Å². The zero-order chi connectivity index (χ0) is 24.1. The van der Waals surface area contributed by atoms with Crippen LogP contribution in [0.3, 0.4) is 0 Å². The second kappa shape index (κ2) is 8.68. The van der Waals surface area contributed by atoms with Gasteiger partial charge >= 0.3 is 12.1 Å². The van der Waals surface area contributed by atoms with E-state index in [4.69, 9.17) is 9.47 Å². The first kappa shape index (κ1) is 22.1. The van der Waals surface area contributed by atoms with Crippen LogP contribution < -0.4 is 5.32 Å². The van der Waals surface area contributed by atoms with E-state index in [1.54, 1.807) is 4.90 Å². The number of amides is 2. The van der Waals surface area contributed by atoms with Gasteiger partial charge in [-0.05, 0) is 47.9 Å². The minimum absolute atomic E-state index is 0.0430. The first-order valence-electron chi connectivity index (χ1n) is 12.3. The Bertz CT molecular complexity index is 1140. The molecule has 2 N–H and O–H groups in total. The fraction of sp³-hybridized carbons (Fsp3) is 0.444. The summed E-state index contributed by atoms with van der Waals surface area (Å²) in [6, 6.07) is 15.4. The molecule has 2 aromatic carbocycles. The van der Waals surface area contributed by atoms with Crippen molar-refractivity contribution >= 4 is 18.0 Å². The number of benzene rings is 2. The molecular formula is C27H28N2O6. The Morgan fingerprint density at radius 1 is 1.00 bits per heavy atom. The van der Waals surface area contributed by atoms with Crippen LogP contribution in [-0.2, 0) is 19.1 Å². The number of nitrogens with zero attached hydrogens (tertiary/aromatic N) is 1. The van der Waals surface area contributed by atoms with Crippen LogP contribution >= 0.6 is 0 Å². The van der Waals surface area contributed by atoms with E-state index in [2.05, 4.69) is 29.6 Å². The lowest BCUT2D eigenvalue weighted by Crippen LogP contribution is -2.51. The van der Waals surface area contributed by atoms with Gasteiger partial charge in [-0.15, -0.1) is 0 Å². The van der Waals surface area contributed by atoms with E-state index in [0.29, 0.717) is 25.9 Å². The van der Waals surface area contributed by atoms with Crippen molar-refractivity contribution in [1.29, 1.82) is 0 Å². The molecule has 3 unspecified atom stereocenters. The van der Waals surface area contributed by atoms with E-state index in [0.717, 1.165) is 28.7 Å². The number of fused-ring (bicyclic) bond motifs is 5. The lowest BCUT2D eigenvalue weighted by Gasteiger charge is -2.28. The van der Waals surface area contributed by atoms with Crippen LogP contribution in [0.15, 0.2) is 48.5 Å². The highest BCUT2D eigenvalue weighted by molar-refractivity contribution is 5.86. The summed E-state index contributed by atoms with van der Waals surface area (Å²) in [6.45, 7) is 0.554. The van der Waals surface area contributed by atoms with Crippen molar-refractivity contribution in [2.45, 2.75) is 55.8 Å². The highest BCUT2D eigenvalue weighted by Crippen LogP contribution is 2.45. The maximum atomic E-state index is 13.3. The molecule has 3 heterocycles. The third-order valence-corrected chi connectivity index (χ3v) is 8.09.